The van der Waals surface area contributed by atoms with E-state index in [9.17, 15) is 0 Å². The highest BCUT2D eigenvalue weighted by Crippen LogP contribution is 2.31. The second-order valence-corrected chi connectivity index (χ2v) is 4.84. The van der Waals surface area contributed by atoms with Gasteiger partial charge < -0.3 is 9.30 Å². The van der Waals surface area contributed by atoms with Gasteiger partial charge >= 0.3 is 0 Å². The molecule has 3 rings (SSSR count). The average molecular weight is 201 g/mol. The van der Waals surface area contributed by atoms with Gasteiger partial charge in [0.2, 0.25) is 0 Å². The maximum absolute atomic E-state index is 5.62. The fourth-order valence-corrected chi connectivity index (χ4v) is 2.50. The zero-order valence-electron chi connectivity index (χ0n) is 9.16. The summed E-state index contributed by atoms with van der Waals surface area (Å²) in [6.07, 6.45) is 0. The molecule has 0 aliphatic carbocycles. The normalized spacial score (nSPS) is 19.1. The van der Waals surface area contributed by atoms with E-state index in [1.165, 1.54) is 16.6 Å². The van der Waals surface area contributed by atoms with Gasteiger partial charge in [0.05, 0.1) is 18.8 Å². The van der Waals surface area contributed by atoms with Gasteiger partial charge in [0.1, 0.15) is 0 Å². The number of para-hydroxylation sites is 1. The minimum atomic E-state index is 0.0662. The van der Waals surface area contributed by atoms with Crippen LogP contribution in [0.25, 0.3) is 10.9 Å². The molecular weight excluding hydrogens is 186 g/mol. The van der Waals surface area contributed by atoms with Gasteiger partial charge in [0.15, 0.2) is 0 Å². The molecule has 0 spiro atoms. The van der Waals surface area contributed by atoms with E-state index in [1.807, 2.05) is 0 Å². The van der Waals surface area contributed by atoms with Crippen molar-refractivity contribution in [3.63, 3.8) is 0 Å². The van der Waals surface area contributed by atoms with Gasteiger partial charge in [-0.25, -0.2) is 0 Å². The maximum atomic E-state index is 5.62. The zero-order chi connectivity index (χ0) is 10.5. The molecule has 0 bridgehead atoms. The first-order valence-electron chi connectivity index (χ1n) is 5.36. The summed E-state index contributed by atoms with van der Waals surface area (Å²) in [7, 11) is 0. The quantitative estimate of drug-likeness (QED) is 0.639. The van der Waals surface area contributed by atoms with Crippen LogP contribution in [-0.2, 0) is 16.9 Å². The predicted octanol–water partition coefficient (Wildman–Crippen LogP) is 2.91. The average Bonchev–Trinajstić information content (AvgIpc) is 2.56. The molecule has 0 fully saturated rings. The van der Waals surface area contributed by atoms with E-state index in [2.05, 4.69) is 48.7 Å². The summed E-state index contributed by atoms with van der Waals surface area (Å²) in [6, 6.07) is 10.8. The molecule has 2 nitrogen and oxygen atoms in total. The standard InChI is InChI=1S/C13H15NO/c1-13(2)9-15-8-11-7-10-5-3-4-6-12(10)14(11)13/h3-7H,8-9H2,1-2H3. The van der Waals surface area contributed by atoms with Crippen LogP contribution in [0.5, 0.6) is 0 Å². The monoisotopic (exact) mass is 201 g/mol. The molecule has 78 valence electrons. The van der Waals surface area contributed by atoms with Crippen molar-refractivity contribution in [3.8, 4) is 0 Å². The zero-order valence-corrected chi connectivity index (χ0v) is 9.16. The minimum Gasteiger partial charge on any atom is -0.373 e. The number of hydrogen-bond acceptors (Lipinski definition) is 1. The molecule has 0 N–H and O–H groups in total. The van der Waals surface area contributed by atoms with Crippen molar-refractivity contribution in [1.82, 2.24) is 4.57 Å². The van der Waals surface area contributed by atoms with Gasteiger partial charge in [-0.3, -0.25) is 0 Å². The number of nitrogens with zero attached hydrogens (tertiary/aromatic N) is 1. The lowest BCUT2D eigenvalue weighted by Crippen LogP contribution is -2.36. The van der Waals surface area contributed by atoms with Gasteiger partial charge in [-0.15, -0.1) is 0 Å². The third-order valence-electron chi connectivity index (χ3n) is 3.10. The van der Waals surface area contributed by atoms with E-state index in [0.29, 0.717) is 0 Å². The summed E-state index contributed by atoms with van der Waals surface area (Å²) >= 11 is 0. The number of ether oxygens (including phenoxy) is 1. The summed E-state index contributed by atoms with van der Waals surface area (Å²) in [5.74, 6) is 0. The highest BCUT2D eigenvalue weighted by molar-refractivity contribution is 5.81. The second-order valence-electron chi connectivity index (χ2n) is 4.84. The SMILES string of the molecule is CC1(C)COCc2cc3ccccc3n21. The lowest BCUT2D eigenvalue weighted by molar-refractivity contribution is 0.0235. The van der Waals surface area contributed by atoms with Crippen LogP contribution in [0.2, 0.25) is 0 Å². The Morgan fingerprint density at radius 1 is 1.27 bits per heavy atom. The Labute approximate surface area is 89.5 Å². The Bertz CT molecular complexity index is 510. The summed E-state index contributed by atoms with van der Waals surface area (Å²) in [5, 5.41) is 1.31. The van der Waals surface area contributed by atoms with E-state index in [4.69, 9.17) is 4.74 Å². The molecule has 0 atom stereocenters. The van der Waals surface area contributed by atoms with Crippen molar-refractivity contribution in [3.05, 3.63) is 36.0 Å². The van der Waals surface area contributed by atoms with Crippen LogP contribution >= 0.6 is 0 Å². The summed E-state index contributed by atoms with van der Waals surface area (Å²) in [5.41, 5.74) is 2.67. The second kappa shape index (κ2) is 2.86. The van der Waals surface area contributed by atoms with Crippen LogP contribution in [0.15, 0.2) is 30.3 Å². The summed E-state index contributed by atoms with van der Waals surface area (Å²) in [4.78, 5) is 0. The third kappa shape index (κ3) is 1.21. The fraction of sp³-hybridized carbons (Fsp3) is 0.385. The van der Waals surface area contributed by atoms with E-state index in [0.717, 1.165) is 13.2 Å². The Morgan fingerprint density at radius 3 is 2.93 bits per heavy atom. The van der Waals surface area contributed by atoms with Crippen molar-refractivity contribution in [2.24, 2.45) is 0 Å². The fourth-order valence-electron chi connectivity index (χ4n) is 2.50. The molecule has 2 heteroatoms. The Balaban J connectivity index is 2.37. The first-order chi connectivity index (χ1) is 7.18. The lowest BCUT2D eigenvalue weighted by atomic mass is 10.0. The molecule has 1 aliphatic heterocycles. The van der Waals surface area contributed by atoms with Crippen molar-refractivity contribution in [2.45, 2.75) is 26.0 Å². The molecule has 0 amide bonds. The topological polar surface area (TPSA) is 14.2 Å². The van der Waals surface area contributed by atoms with E-state index in [-0.39, 0.29) is 5.54 Å². The van der Waals surface area contributed by atoms with Gasteiger partial charge in [-0.1, -0.05) is 18.2 Å². The minimum absolute atomic E-state index is 0.0662. The Hall–Kier alpha value is -1.28. The molecule has 2 aromatic rings. The molecule has 1 aromatic carbocycles. The molecule has 1 aliphatic rings. The molecule has 2 heterocycles. The Morgan fingerprint density at radius 2 is 2.07 bits per heavy atom. The largest absolute Gasteiger partial charge is 0.373 e. The number of aromatic nitrogens is 1. The molecule has 0 unspecified atom stereocenters. The van der Waals surface area contributed by atoms with Gasteiger partial charge in [-0.2, -0.15) is 0 Å². The predicted molar refractivity (Wildman–Crippen MR) is 60.9 cm³/mol. The summed E-state index contributed by atoms with van der Waals surface area (Å²) in [6.45, 7) is 5.97. The van der Waals surface area contributed by atoms with Crippen LogP contribution in [-0.4, -0.2) is 11.2 Å². The van der Waals surface area contributed by atoms with E-state index >= 15 is 0 Å². The molecule has 1 aromatic heterocycles. The van der Waals surface area contributed by atoms with Crippen LogP contribution in [0.4, 0.5) is 0 Å². The third-order valence-corrected chi connectivity index (χ3v) is 3.10. The van der Waals surface area contributed by atoms with Gasteiger partial charge in [0.25, 0.3) is 0 Å². The Kier molecular flexibility index (Phi) is 1.71. The number of rotatable bonds is 0. The molecule has 0 radical (unpaired) electrons. The molecule has 0 saturated heterocycles. The summed E-state index contributed by atoms with van der Waals surface area (Å²) < 4.78 is 8.03. The highest BCUT2D eigenvalue weighted by Gasteiger charge is 2.28. The van der Waals surface area contributed by atoms with Crippen LogP contribution in [0, 0.1) is 0 Å². The van der Waals surface area contributed by atoms with Gasteiger partial charge in [-0.05, 0) is 31.4 Å². The molecule has 15 heavy (non-hydrogen) atoms. The maximum Gasteiger partial charge on any atom is 0.0869 e. The molecule has 0 saturated carbocycles. The number of hydrogen-bond donors (Lipinski definition) is 0. The van der Waals surface area contributed by atoms with Crippen molar-refractivity contribution < 1.29 is 4.74 Å². The number of fused-ring (bicyclic) bond motifs is 3. The smallest absolute Gasteiger partial charge is 0.0869 e. The van der Waals surface area contributed by atoms with E-state index < -0.39 is 0 Å². The van der Waals surface area contributed by atoms with Crippen LogP contribution in [0.1, 0.15) is 19.5 Å². The van der Waals surface area contributed by atoms with Gasteiger partial charge in [0, 0.05) is 11.2 Å². The number of benzene rings is 1. The van der Waals surface area contributed by atoms with Crippen LogP contribution in [0.3, 0.4) is 0 Å². The van der Waals surface area contributed by atoms with Crippen molar-refractivity contribution in [1.29, 1.82) is 0 Å². The van der Waals surface area contributed by atoms with Crippen molar-refractivity contribution >= 4 is 10.9 Å². The van der Waals surface area contributed by atoms with E-state index in [1.54, 1.807) is 0 Å². The first kappa shape index (κ1) is 8.98. The first-order valence-corrected chi connectivity index (χ1v) is 5.36. The van der Waals surface area contributed by atoms with Crippen LogP contribution < -0.4 is 0 Å². The highest BCUT2D eigenvalue weighted by atomic mass is 16.5. The lowest BCUT2D eigenvalue weighted by Gasteiger charge is -2.34. The molecular formula is C13H15NO. The van der Waals surface area contributed by atoms with Crippen molar-refractivity contribution in [2.75, 3.05) is 6.61 Å².